The normalized spacial score (nSPS) is 18.1. The van der Waals surface area contributed by atoms with Crippen molar-refractivity contribution < 1.29 is 14.4 Å². The molecule has 1 aromatic rings. The summed E-state index contributed by atoms with van der Waals surface area (Å²) >= 11 is 1.41. The van der Waals surface area contributed by atoms with Crippen LogP contribution in [0, 0.1) is 5.92 Å². The summed E-state index contributed by atoms with van der Waals surface area (Å²) in [7, 11) is 0. The molecule has 30 heavy (non-hydrogen) atoms. The lowest BCUT2D eigenvalue weighted by Crippen LogP contribution is -2.46. The molecule has 0 atom stereocenters. The van der Waals surface area contributed by atoms with E-state index in [4.69, 9.17) is 0 Å². The highest BCUT2D eigenvalue weighted by molar-refractivity contribution is 8.00. The van der Waals surface area contributed by atoms with Gasteiger partial charge in [-0.05, 0) is 43.7 Å². The van der Waals surface area contributed by atoms with Gasteiger partial charge < -0.3 is 15.5 Å². The number of hydrogen-bond acceptors (Lipinski definition) is 4. The van der Waals surface area contributed by atoms with E-state index in [1.165, 1.54) is 43.9 Å². The number of thioether (sulfide) groups is 1. The number of piperidine rings is 1. The lowest BCUT2D eigenvalue weighted by Gasteiger charge is -2.31. The van der Waals surface area contributed by atoms with E-state index in [1.54, 1.807) is 6.92 Å². The van der Waals surface area contributed by atoms with Crippen LogP contribution in [0.15, 0.2) is 29.2 Å². The minimum Gasteiger partial charge on any atom is -0.355 e. The summed E-state index contributed by atoms with van der Waals surface area (Å²) in [6.45, 7) is 3.70. The van der Waals surface area contributed by atoms with Crippen LogP contribution in [-0.4, -0.2) is 54.1 Å². The van der Waals surface area contributed by atoms with E-state index < -0.39 is 0 Å². The molecule has 164 valence electrons. The molecule has 1 saturated carbocycles. The number of nitrogens with one attached hydrogen (secondary N) is 2. The minimum absolute atomic E-state index is 0.0254. The molecule has 0 aromatic heterocycles. The van der Waals surface area contributed by atoms with E-state index in [2.05, 4.69) is 10.6 Å². The zero-order chi connectivity index (χ0) is 21.3. The van der Waals surface area contributed by atoms with Crippen LogP contribution in [0.25, 0.3) is 0 Å². The topological polar surface area (TPSA) is 78.5 Å². The molecule has 2 aliphatic rings. The van der Waals surface area contributed by atoms with E-state index in [9.17, 15) is 14.4 Å². The Balaban J connectivity index is 1.47. The number of amides is 3. The zero-order valence-corrected chi connectivity index (χ0v) is 18.6. The second kappa shape index (κ2) is 11.4. The number of rotatable bonds is 7. The molecule has 0 bridgehead atoms. The van der Waals surface area contributed by atoms with E-state index in [-0.39, 0.29) is 23.8 Å². The molecule has 3 amide bonds. The van der Waals surface area contributed by atoms with Gasteiger partial charge in [-0.2, -0.15) is 0 Å². The Labute approximate surface area is 183 Å². The summed E-state index contributed by atoms with van der Waals surface area (Å²) in [5, 5.41) is 6.16. The predicted octanol–water partition coefficient (Wildman–Crippen LogP) is 3.22. The predicted molar refractivity (Wildman–Crippen MR) is 119 cm³/mol. The fourth-order valence-electron chi connectivity index (χ4n) is 4.23. The molecule has 3 rings (SSSR count). The van der Waals surface area contributed by atoms with Gasteiger partial charge in [0.2, 0.25) is 11.8 Å². The average Bonchev–Trinajstić information content (AvgIpc) is 2.77. The second-order valence-electron chi connectivity index (χ2n) is 8.35. The van der Waals surface area contributed by atoms with Crippen molar-refractivity contribution in [3.8, 4) is 0 Å². The van der Waals surface area contributed by atoms with Crippen molar-refractivity contribution in [3.63, 3.8) is 0 Å². The molecular weight excluding hydrogens is 398 g/mol. The fraction of sp³-hybridized carbons (Fsp3) is 0.609. The maximum Gasteiger partial charge on any atom is 0.252 e. The lowest BCUT2D eigenvalue weighted by atomic mass is 9.89. The minimum atomic E-state index is -0.109. The molecule has 1 aromatic carbocycles. The molecular formula is C23H33N3O3S. The molecule has 0 unspecified atom stereocenters. The van der Waals surface area contributed by atoms with Crippen LogP contribution in [0.2, 0.25) is 0 Å². The zero-order valence-electron chi connectivity index (χ0n) is 17.8. The van der Waals surface area contributed by atoms with Crippen LogP contribution < -0.4 is 10.6 Å². The van der Waals surface area contributed by atoms with Crippen LogP contribution in [0.5, 0.6) is 0 Å². The Morgan fingerprint density at radius 2 is 1.73 bits per heavy atom. The highest BCUT2D eigenvalue weighted by Gasteiger charge is 2.23. The molecule has 2 N–H and O–H groups in total. The summed E-state index contributed by atoms with van der Waals surface area (Å²) in [4.78, 5) is 39.2. The average molecular weight is 432 g/mol. The van der Waals surface area contributed by atoms with E-state index in [1.807, 2.05) is 29.2 Å². The molecule has 1 aliphatic heterocycles. The number of carbonyl (C=O) groups is 3. The first-order valence-corrected chi connectivity index (χ1v) is 12.1. The van der Waals surface area contributed by atoms with Gasteiger partial charge in [-0.1, -0.05) is 31.4 Å². The number of nitrogens with zero attached hydrogens (tertiary/aromatic N) is 1. The highest BCUT2D eigenvalue weighted by atomic mass is 32.2. The summed E-state index contributed by atoms with van der Waals surface area (Å²) < 4.78 is 0. The number of likely N-dealkylation sites (tertiary alicyclic amines) is 1. The quantitative estimate of drug-likeness (QED) is 0.650. The Hall–Kier alpha value is -2.02. The number of benzene rings is 1. The van der Waals surface area contributed by atoms with E-state index in [0.29, 0.717) is 30.3 Å². The smallest absolute Gasteiger partial charge is 0.252 e. The molecule has 0 spiro atoms. The first-order valence-electron chi connectivity index (χ1n) is 11.1. The fourth-order valence-corrected chi connectivity index (χ4v) is 5.11. The third-order valence-electron chi connectivity index (χ3n) is 6.08. The van der Waals surface area contributed by atoms with Crippen molar-refractivity contribution in [2.75, 3.05) is 25.4 Å². The van der Waals surface area contributed by atoms with Gasteiger partial charge in [0.25, 0.3) is 5.91 Å². The number of hydrogen-bond donors (Lipinski definition) is 2. The molecule has 2 fully saturated rings. The van der Waals surface area contributed by atoms with Crippen LogP contribution in [0.3, 0.4) is 0 Å². The van der Waals surface area contributed by atoms with Gasteiger partial charge in [0.05, 0.1) is 11.3 Å². The van der Waals surface area contributed by atoms with Gasteiger partial charge in [0, 0.05) is 37.5 Å². The summed E-state index contributed by atoms with van der Waals surface area (Å²) in [5.41, 5.74) is 0.608. The number of carbonyl (C=O) groups excluding carboxylic acids is 3. The Bertz CT molecular complexity index is 741. The Kier molecular flexibility index (Phi) is 8.61. The van der Waals surface area contributed by atoms with Crippen LogP contribution in [0.1, 0.15) is 62.2 Å². The van der Waals surface area contributed by atoms with Gasteiger partial charge in [-0.25, -0.2) is 0 Å². The summed E-state index contributed by atoms with van der Waals surface area (Å²) in [5.74, 6) is 0.927. The van der Waals surface area contributed by atoms with Gasteiger partial charge in [0.15, 0.2) is 0 Å². The molecule has 7 heteroatoms. The first-order chi connectivity index (χ1) is 14.5. The second-order valence-corrected chi connectivity index (χ2v) is 9.36. The van der Waals surface area contributed by atoms with Crippen molar-refractivity contribution in [2.24, 2.45) is 5.92 Å². The monoisotopic (exact) mass is 431 g/mol. The van der Waals surface area contributed by atoms with E-state index in [0.717, 1.165) is 24.3 Å². The standard InChI is InChI=1S/C23H33N3O3S/c1-17(27)26-13-11-19(12-14-26)25-23(29)20-9-5-6-10-21(20)30-16-22(28)24-15-18-7-3-2-4-8-18/h5-6,9-10,18-19H,2-4,7-8,11-16H2,1H3,(H,24,28)(H,25,29). The van der Waals surface area contributed by atoms with Crippen LogP contribution >= 0.6 is 11.8 Å². The molecule has 1 heterocycles. The van der Waals surface area contributed by atoms with Crippen molar-refractivity contribution in [1.82, 2.24) is 15.5 Å². The molecule has 0 radical (unpaired) electrons. The van der Waals surface area contributed by atoms with Gasteiger partial charge >= 0.3 is 0 Å². The maximum absolute atomic E-state index is 12.8. The maximum atomic E-state index is 12.8. The molecule has 6 nitrogen and oxygen atoms in total. The van der Waals surface area contributed by atoms with Crippen molar-refractivity contribution in [3.05, 3.63) is 29.8 Å². The highest BCUT2D eigenvalue weighted by Crippen LogP contribution is 2.24. The molecule has 1 saturated heterocycles. The van der Waals surface area contributed by atoms with Crippen molar-refractivity contribution in [2.45, 2.75) is 62.8 Å². The third kappa shape index (κ3) is 6.76. The van der Waals surface area contributed by atoms with Crippen molar-refractivity contribution >= 4 is 29.5 Å². The Morgan fingerprint density at radius 1 is 1.03 bits per heavy atom. The van der Waals surface area contributed by atoms with Gasteiger partial charge in [0.1, 0.15) is 0 Å². The summed E-state index contributed by atoms with van der Waals surface area (Å²) in [6, 6.07) is 7.52. The van der Waals surface area contributed by atoms with Crippen LogP contribution in [0.4, 0.5) is 0 Å². The van der Waals surface area contributed by atoms with Crippen LogP contribution in [-0.2, 0) is 9.59 Å². The molecule has 1 aliphatic carbocycles. The third-order valence-corrected chi connectivity index (χ3v) is 7.15. The first kappa shape index (κ1) is 22.7. The van der Waals surface area contributed by atoms with E-state index >= 15 is 0 Å². The van der Waals surface area contributed by atoms with Gasteiger partial charge in [-0.15, -0.1) is 11.8 Å². The largest absolute Gasteiger partial charge is 0.355 e. The van der Waals surface area contributed by atoms with Crippen molar-refractivity contribution in [1.29, 1.82) is 0 Å². The lowest BCUT2D eigenvalue weighted by molar-refractivity contribution is -0.129. The SMILES string of the molecule is CC(=O)N1CCC(NC(=O)c2ccccc2SCC(=O)NCC2CCCCC2)CC1. The van der Waals surface area contributed by atoms with Gasteiger partial charge in [-0.3, -0.25) is 14.4 Å². The summed E-state index contributed by atoms with van der Waals surface area (Å²) in [6.07, 6.45) is 7.81. The Morgan fingerprint density at radius 3 is 2.43 bits per heavy atom.